The molecule has 2 atom stereocenters. The fourth-order valence-corrected chi connectivity index (χ4v) is 3.22. The molecule has 0 spiro atoms. The van der Waals surface area contributed by atoms with E-state index in [0.717, 1.165) is 0 Å². The largest absolute Gasteiger partial charge is 0.359 e. The molecule has 5 heteroatoms. The lowest BCUT2D eigenvalue weighted by Gasteiger charge is -2.39. The monoisotopic (exact) mass is 312 g/mol. The van der Waals surface area contributed by atoms with E-state index in [-0.39, 0.29) is 11.8 Å². The minimum Gasteiger partial charge on any atom is -0.359 e. The third kappa shape index (κ3) is 2.38. The zero-order chi connectivity index (χ0) is 16.6. The van der Waals surface area contributed by atoms with Crippen LogP contribution >= 0.6 is 0 Å². The van der Waals surface area contributed by atoms with Crippen molar-refractivity contribution in [1.82, 2.24) is 10.2 Å². The zero-order valence-corrected chi connectivity index (χ0v) is 12.9. The van der Waals surface area contributed by atoms with Crippen molar-refractivity contribution in [1.29, 1.82) is 0 Å². The maximum atomic E-state index is 14.3. The summed E-state index contributed by atoms with van der Waals surface area (Å²) in [4.78, 5) is 26.6. The van der Waals surface area contributed by atoms with Crippen LogP contribution < -0.4 is 5.32 Å². The van der Waals surface area contributed by atoms with Crippen molar-refractivity contribution in [2.45, 2.75) is 12.0 Å². The second kappa shape index (κ2) is 5.83. The highest BCUT2D eigenvalue weighted by molar-refractivity contribution is 6.01. The molecular formula is C18H17FN2O2. The Morgan fingerprint density at radius 2 is 1.70 bits per heavy atom. The molecule has 0 bridgehead atoms. The van der Waals surface area contributed by atoms with E-state index >= 15 is 0 Å². The summed E-state index contributed by atoms with van der Waals surface area (Å²) in [6, 6.07) is 12.6. The number of amides is 2. The van der Waals surface area contributed by atoms with E-state index in [0.29, 0.717) is 16.7 Å². The lowest BCUT2D eigenvalue weighted by molar-refractivity contribution is -0.123. The average Bonchev–Trinajstić information content (AvgIpc) is 2.58. The Hall–Kier alpha value is -2.69. The van der Waals surface area contributed by atoms with Gasteiger partial charge in [0.05, 0.1) is 12.0 Å². The smallest absolute Gasteiger partial charge is 0.254 e. The first kappa shape index (κ1) is 15.2. The highest BCUT2D eigenvalue weighted by atomic mass is 19.1. The Balaban J connectivity index is 2.23. The summed E-state index contributed by atoms with van der Waals surface area (Å²) < 4.78 is 14.3. The molecule has 1 N–H and O–H groups in total. The van der Waals surface area contributed by atoms with E-state index in [2.05, 4.69) is 5.32 Å². The van der Waals surface area contributed by atoms with Gasteiger partial charge in [-0.2, -0.15) is 0 Å². The second-order valence-electron chi connectivity index (χ2n) is 5.56. The number of rotatable bonds is 2. The number of halogens is 1. The van der Waals surface area contributed by atoms with Gasteiger partial charge in [-0.05, 0) is 17.7 Å². The first-order chi connectivity index (χ1) is 11.1. The summed E-state index contributed by atoms with van der Waals surface area (Å²) in [5, 5.41) is 2.63. The molecule has 2 aromatic rings. The number of benzene rings is 2. The predicted molar refractivity (Wildman–Crippen MR) is 84.5 cm³/mol. The average molecular weight is 312 g/mol. The molecule has 0 aliphatic carbocycles. The number of nitrogens with one attached hydrogen (secondary N) is 1. The van der Waals surface area contributed by atoms with E-state index < -0.39 is 17.8 Å². The topological polar surface area (TPSA) is 49.4 Å². The Bertz CT molecular complexity index is 775. The molecular weight excluding hydrogens is 295 g/mol. The number of likely N-dealkylation sites (N-methyl/N-ethyl adjacent to an activating group) is 2. The molecule has 0 saturated heterocycles. The molecule has 1 aliphatic heterocycles. The van der Waals surface area contributed by atoms with Crippen LogP contribution in [-0.2, 0) is 4.79 Å². The van der Waals surface area contributed by atoms with Crippen LogP contribution in [0.5, 0.6) is 0 Å². The molecule has 0 saturated carbocycles. The molecule has 0 aromatic heterocycles. The summed E-state index contributed by atoms with van der Waals surface area (Å²) in [6.45, 7) is 0. The van der Waals surface area contributed by atoms with E-state index in [1.54, 1.807) is 56.6 Å². The number of nitrogens with zero attached hydrogens (tertiary/aromatic N) is 1. The molecule has 118 valence electrons. The van der Waals surface area contributed by atoms with Crippen LogP contribution in [0.25, 0.3) is 0 Å². The molecule has 0 unspecified atom stereocenters. The number of carbonyl (C=O) groups excluding carboxylic acids is 2. The van der Waals surface area contributed by atoms with Gasteiger partial charge in [0.1, 0.15) is 5.82 Å². The zero-order valence-electron chi connectivity index (χ0n) is 12.9. The quantitative estimate of drug-likeness (QED) is 0.926. The van der Waals surface area contributed by atoms with Crippen molar-refractivity contribution in [2.75, 3.05) is 14.1 Å². The molecule has 0 fully saturated rings. The van der Waals surface area contributed by atoms with E-state index in [9.17, 15) is 14.0 Å². The Morgan fingerprint density at radius 1 is 1.09 bits per heavy atom. The first-order valence-electron chi connectivity index (χ1n) is 7.38. The highest BCUT2D eigenvalue weighted by Gasteiger charge is 2.43. The molecule has 1 aliphatic rings. The maximum Gasteiger partial charge on any atom is 0.254 e. The van der Waals surface area contributed by atoms with E-state index in [4.69, 9.17) is 0 Å². The van der Waals surface area contributed by atoms with Crippen molar-refractivity contribution in [3.63, 3.8) is 0 Å². The Labute approximate surface area is 133 Å². The number of fused-ring (bicyclic) bond motifs is 1. The SMILES string of the molecule is CNC(=O)[C@@H]1c2ccccc2C(=O)N(C)[C@@H]1c1ccccc1F. The van der Waals surface area contributed by atoms with Gasteiger partial charge in [-0.1, -0.05) is 36.4 Å². The van der Waals surface area contributed by atoms with Gasteiger partial charge in [0.2, 0.25) is 5.91 Å². The van der Waals surface area contributed by atoms with Gasteiger partial charge in [0, 0.05) is 25.2 Å². The lowest BCUT2D eigenvalue weighted by atomic mass is 9.79. The van der Waals surface area contributed by atoms with Gasteiger partial charge in [0.25, 0.3) is 5.91 Å². The van der Waals surface area contributed by atoms with E-state index in [1.165, 1.54) is 11.0 Å². The number of hydrogen-bond acceptors (Lipinski definition) is 2. The summed E-state index contributed by atoms with van der Waals surface area (Å²) in [5.74, 6) is -1.54. The second-order valence-corrected chi connectivity index (χ2v) is 5.56. The maximum absolute atomic E-state index is 14.3. The lowest BCUT2D eigenvalue weighted by Crippen LogP contribution is -2.45. The van der Waals surface area contributed by atoms with Crippen LogP contribution in [0.15, 0.2) is 48.5 Å². The normalized spacial score (nSPS) is 20.1. The first-order valence-corrected chi connectivity index (χ1v) is 7.38. The Kier molecular flexibility index (Phi) is 3.86. The molecule has 3 rings (SSSR count). The van der Waals surface area contributed by atoms with Crippen molar-refractivity contribution in [3.8, 4) is 0 Å². The van der Waals surface area contributed by atoms with Crippen LogP contribution in [0.3, 0.4) is 0 Å². The van der Waals surface area contributed by atoms with Gasteiger partial charge in [-0.25, -0.2) is 4.39 Å². The van der Waals surface area contributed by atoms with Gasteiger partial charge in [-0.15, -0.1) is 0 Å². The Morgan fingerprint density at radius 3 is 2.35 bits per heavy atom. The van der Waals surface area contributed by atoms with Crippen molar-refractivity contribution < 1.29 is 14.0 Å². The van der Waals surface area contributed by atoms with Crippen molar-refractivity contribution >= 4 is 11.8 Å². The van der Waals surface area contributed by atoms with Crippen LogP contribution in [-0.4, -0.2) is 30.8 Å². The summed E-state index contributed by atoms with van der Waals surface area (Å²) >= 11 is 0. The molecule has 23 heavy (non-hydrogen) atoms. The third-order valence-electron chi connectivity index (χ3n) is 4.33. The predicted octanol–water partition coefficient (Wildman–Crippen LogP) is 2.48. The van der Waals surface area contributed by atoms with Gasteiger partial charge in [-0.3, -0.25) is 9.59 Å². The number of hydrogen-bond donors (Lipinski definition) is 1. The minimum absolute atomic E-state index is 0.214. The highest BCUT2D eigenvalue weighted by Crippen LogP contribution is 2.42. The standard InChI is InChI=1S/C18H17FN2O2/c1-20-17(22)15-11-7-3-4-8-12(11)18(23)21(2)16(15)13-9-5-6-10-14(13)19/h3-10,15-16H,1-2H3,(H,20,22)/t15-,16-/m1/s1. The fourth-order valence-electron chi connectivity index (χ4n) is 3.22. The van der Waals surface area contributed by atoms with Crippen LogP contribution in [0, 0.1) is 5.82 Å². The summed E-state index contributed by atoms with van der Waals surface area (Å²) in [7, 11) is 3.14. The van der Waals surface area contributed by atoms with Crippen LogP contribution in [0.4, 0.5) is 4.39 Å². The van der Waals surface area contributed by atoms with Crippen LogP contribution in [0.2, 0.25) is 0 Å². The molecule has 0 radical (unpaired) electrons. The minimum atomic E-state index is -0.682. The summed E-state index contributed by atoms with van der Waals surface area (Å²) in [5.41, 5.74) is 1.45. The van der Waals surface area contributed by atoms with Crippen molar-refractivity contribution in [2.24, 2.45) is 0 Å². The van der Waals surface area contributed by atoms with Crippen LogP contribution in [0.1, 0.15) is 33.4 Å². The molecule has 2 amide bonds. The third-order valence-corrected chi connectivity index (χ3v) is 4.33. The number of carbonyl (C=O) groups is 2. The van der Waals surface area contributed by atoms with Crippen molar-refractivity contribution in [3.05, 3.63) is 71.0 Å². The molecule has 2 aromatic carbocycles. The van der Waals surface area contributed by atoms with Gasteiger partial charge < -0.3 is 10.2 Å². The molecule has 1 heterocycles. The molecule has 4 nitrogen and oxygen atoms in total. The van der Waals surface area contributed by atoms with E-state index in [1.807, 2.05) is 0 Å². The summed E-state index contributed by atoms with van der Waals surface area (Å²) in [6.07, 6.45) is 0. The van der Waals surface area contributed by atoms with Gasteiger partial charge in [0.15, 0.2) is 0 Å². The van der Waals surface area contributed by atoms with Gasteiger partial charge >= 0.3 is 0 Å². The fraction of sp³-hybridized carbons (Fsp3) is 0.222.